The Labute approximate surface area is 192 Å². The summed E-state index contributed by atoms with van der Waals surface area (Å²) in [6.07, 6.45) is -3.33. The summed E-state index contributed by atoms with van der Waals surface area (Å²) in [5.74, 6) is -1.80. The third kappa shape index (κ3) is 5.25. The number of halogens is 4. The third-order valence-corrected chi connectivity index (χ3v) is 5.65. The molecule has 7 nitrogen and oxygen atoms in total. The number of nitrogens with zero attached hydrogens (tertiary/aromatic N) is 1. The number of phenols is 1. The first kappa shape index (κ1) is 23.7. The summed E-state index contributed by atoms with van der Waals surface area (Å²) in [7, 11) is 1.22. The maximum atomic E-state index is 13.0. The van der Waals surface area contributed by atoms with Crippen molar-refractivity contribution in [3.8, 4) is 11.5 Å². The number of ether oxygens (including phenoxy) is 1. The van der Waals surface area contributed by atoms with E-state index in [-0.39, 0.29) is 27.7 Å². The van der Waals surface area contributed by atoms with Crippen molar-refractivity contribution < 1.29 is 37.4 Å². The van der Waals surface area contributed by atoms with Gasteiger partial charge in [-0.1, -0.05) is 15.9 Å². The van der Waals surface area contributed by atoms with Gasteiger partial charge in [0.2, 0.25) is 5.91 Å². The molecule has 2 aromatic carbocycles. The maximum absolute atomic E-state index is 13.0. The van der Waals surface area contributed by atoms with E-state index in [0.717, 1.165) is 12.1 Å². The van der Waals surface area contributed by atoms with Crippen LogP contribution >= 0.6 is 27.7 Å². The van der Waals surface area contributed by atoms with Gasteiger partial charge in [-0.05, 0) is 54.2 Å². The van der Waals surface area contributed by atoms with Crippen LogP contribution in [0.25, 0.3) is 6.08 Å². The number of rotatable bonds is 5. The van der Waals surface area contributed by atoms with E-state index in [2.05, 4.69) is 21.2 Å². The number of alkyl halides is 3. The second kappa shape index (κ2) is 9.25. The van der Waals surface area contributed by atoms with Gasteiger partial charge in [-0.25, -0.2) is 0 Å². The summed E-state index contributed by atoms with van der Waals surface area (Å²) < 4.78 is 44.5. The Morgan fingerprint density at radius 3 is 2.62 bits per heavy atom. The zero-order valence-electron chi connectivity index (χ0n) is 16.2. The molecule has 12 heteroatoms. The molecule has 168 valence electrons. The van der Waals surface area contributed by atoms with Gasteiger partial charge < -0.3 is 15.2 Å². The van der Waals surface area contributed by atoms with E-state index >= 15 is 0 Å². The number of nitrogens with one attached hydrogen (secondary N) is 1. The first-order valence-electron chi connectivity index (χ1n) is 8.78. The van der Waals surface area contributed by atoms with Crippen molar-refractivity contribution in [1.82, 2.24) is 4.90 Å². The molecule has 1 aliphatic heterocycles. The predicted molar refractivity (Wildman–Crippen MR) is 115 cm³/mol. The monoisotopic (exact) mass is 530 g/mol. The van der Waals surface area contributed by atoms with Crippen LogP contribution in [0.5, 0.6) is 11.5 Å². The zero-order chi connectivity index (χ0) is 23.6. The van der Waals surface area contributed by atoms with E-state index in [1.807, 2.05) is 0 Å². The van der Waals surface area contributed by atoms with E-state index < -0.39 is 35.3 Å². The van der Waals surface area contributed by atoms with Gasteiger partial charge in [0.25, 0.3) is 11.1 Å². The van der Waals surface area contributed by atoms with E-state index in [1.54, 1.807) is 6.07 Å². The van der Waals surface area contributed by atoms with E-state index in [9.17, 15) is 32.7 Å². The van der Waals surface area contributed by atoms with Crippen LogP contribution in [0.3, 0.4) is 0 Å². The first-order chi connectivity index (χ1) is 15.0. The molecule has 0 aliphatic carbocycles. The molecular formula is C20H14BrF3N2O5S. The van der Waals surface area contributed by atoms with Crippen LogP contribution in [0.4, 0.5) is 23.7 Å². The lowest BCUT2D eigenvalue weighted by Crippen LogP contribution is -2.36. The van der Waals surface area contributed by atoms with Gasteiger partial charge in [0, 0.05) is 10.0 Å². The first-order valence-corrected chi connectivity index (χ1v) is 10.4. The molecule has 2 N–H and O–H groups in total. The van der Waals surface area contributed by atoms with Crippen LogP contribution in [-0.4, -0.2) is 40.7 Å². The third-order valence-electron chi connectivity index (χ3n) is 4.25. The molecule has 1 saturated heterocycles. The summed E-state index contributed by atoms with van der Waals surface area (Å²) in [5.41, 5.74) is -0.978. The molecule has 0 bridgehead atoms. The zero-order valence-corrected chi connectivity index (χ0v) is 18.6. The summed E-state index contributed by atoms with van der Waals surface area (Å²) in [6.45, 7) is -0.716. The highest BCUT2D eigenvalue weighted by atomic mass is 79.9. The Hall–Kier alpha value is -2.99. The van der Waals surface area contributed by atoms with Gasteiger partial charge in [0.1, 0.15) is 18.0 Å². The Morgan fingerprint density at radius 2 is 1.97 bits per heavy atom. The van der Waals surface area contributed by atoms with Crippen molar-refractivity contribution in [2.45, 2.75) is 6.18 Å². The number of amides is 3. The number of benzene rings is 2. The molecule has 1 aliphatic rings. The molecule has 0 saturated carbocycles. The van der Waals surface area contributed by atoms with Gasteiger partial charge >= 0.3 is 6.18 Å². The van der Waals surface area contributed by atoms with Crippen LogP contribution in [0.15, 0.2) is 45.8 Å². The fourth-order valence-electron chi connectivity index (χ4n) is 2.73. The van der Waals surface area contributed by atoms with Crippen LogP contribution < -0.4 is 10.1 Å². The minimum Gasteiger partial charge on any atom is -0.507 e. The second-order valence-electron chi connectivity index (χ2n) is 6.43. The quantitative estimate of drug-likeness (QED) is 0.536. The highest BCUT2D eigenvalue weighted by molar-refractivity contribution is 9.10. The highest BCUT2D eigenvalue weighted by Gasteiger charge is 2.37. The fourth-order valence-corrected chi connectivity index (χ4v) is 3.94. The number of thioether (sulfide) groups is 1. The van der Waals surface area contributed by atoms with Crippen molar-refractivity contribution in [2.24, 2.45) is 0 Å². The summed E-state index contributed by atoms with van der Waals surface area (Å²) in [6, 6.07) is 7.07. The molecule has 0 aromatic heterocycles. The lowest BCUT2D eigenvalue weighted by Gasteiger charge is -2.16. The average molecular weight is 531 g/mol. The lowest BCUT2D eigenvalue weighted by molar-refractivity contribution is -0.137. The molecule has 0 spiro atoms. The SMILES string of the molecule is COc1ccc(C(F)(F)F)cc1NC(=O)CN1C(=O)S/C(=C\c2cc(Br)ccc2O)C1=O. The Morgan fingerprint density at radius 1 is 1.25 bits per heavy atom. The Balaban J connectivity index is 1.77. The number of methoxy groups -OCH3 is 1. The molecule has 1 fully saturated rings. The molecule has 3 amide bonds. The van der Waals surface area contributed by atoms with Crippen molar-refractivity contribution in [3.63, 3.8) is 0 Å². The van der Waals surface area contributed by atoms with Crippen LogP contribution in [-0.2, 0) is 15.8 Å². The summed E-state index contributed by atoms with van der Waals surface area (Å²) in [4.78, 5) is 37.8. The minimum atomic E-state index is -4.64. The number of carbonyl (C=O) groups is 3. The largest absolute Gasteiger partial charge is 0.507 e. The van der Waals surface area contributed by atoms with E-state index in [1.165, 1.54) is 25.3 Å². The summed E-state index contributed by atoms with van der Waals surface area (Å²) in [5, 5.41) is 11.4. The number of phenolic OH excluding ortho intramolecular Hbond substituents is 1. The topological polar surface area (TPSA) is 95.9 Å². The minimum absolute atomic E-state index is 0.0205. The molecule has 2 aromatic rings. The predicted octanol–water partition coefficient (Wildman–Crippen LogP) is 4.86. The molecule has 32 heavy (non-hydrogen) atoms. The molecular weight excluding hydrogens is 517 g/mol. The van der Waals surface area contributed by atoms with Crippen molar-refractivity contribution >= 4 is 56.5 Å². The standard InChI is InChI=1S/C20H14BrF3N2O5S/c1-31-15-5-2-11(20(22,23)24)8-13(15)25-17(28)9-26-18(29)16(32-19(26)30)7-10-6-12(21)3-4-14(10)27/h2-8,27H,9H2,1H3,(H,25,28)/b16-7-. The number of anilines is 1. The maximum Gasteiger partial charge on any atom is 0.416 e. The number of carbonyl (C=O) groups excluding carboxylic acids is 3. The molecule has 0 unspecified atom stereocenters. The molecule has 0 radical (unpaired) electrons. The normalized spacial score (nSPS) is 15.4. The Bertz CT molecular complexity index is 1140. The van der Waals surface area contributed by atoms with Crippen LogP contribution in [0.1, 0.15) is 11.1 Å². The van der Waals surface area contributed by atoms with Gasteiger partial charge in [0.15, 0.2) is 0 Å². The lowest BCUT2D eigenvalue weighted by atomic mass is 10.1. The highest BCUT2D eigenvalue weighted by Crippen LogP contribution is 2.36. The number of hydrogen-bond donors (Lipinski definition) is 2. The number of aromatic hydroxyl groups is 1. The summed E-state index contributed by atoms with van der Waals surface area (Å²) >= 11 is 3.81. The van der Waals surface area contributed by atoms with Crippen LogP contribution in [0, 0.1) is 0 Å². The average Bonchev–Trinajstić information content (AvgIpc) is 2.97. The van der Waals surface area contributed by atoms with Gasteiger partial charge in [-0.15, -0.1) is 0 Å². The smallest absolute Gasteiger partial charge is 0.416 e. The molecule has 1 heterocycles. The van der Waals surface area contributed by atoms with Gasteiger partial charge in [-0.3, -0.25) is 19.3 Å². The van der Waals surface area contributed by atoms with Crippen molar-refractivity contribution in [3.05, 3.63) is 56.9 Å². The number of imide groups is 1. The second-order valence-corrected chi connectivity index (χ2v) is 8.34. The molecule has 3 rings (SSSR count). The molecule has 0 atom stereocenters. The van der Waals surface area contributed by atoms with E-state index in [0.29, 0.717) is 27.2 Å². The van der Waals surface area contributed by atoms with Crippen molar-refractivity contribution in [1.29, 1.82) is 0 Å². The van der Waals surface area contributed by atoms with Gasteiger partial charge in [0.05, 0.1) is 23.3 Å². The van der Waals surface area contributed by atoms with Crippen LogP contribution in [0.2, 0.25) is 0 Å². The van der Waals surface area contributed by atoms with Crippen molar-refractivity contribution in [2.75, 3.05) is 19.0 Å². The Kier molecular flexibility index (Phi) is 6.84. The number of hydrogen-bond acceptors (Lipinski definition) is 6. The van der Waals surface area contributed by atoms with Gasteiger partial charge in [-0.2, -0.15) is 13.2 Å². The fraction of sp³-hybridized carbons (Fsp3) is 0.150. The van der Waals surface area contributed by atoms with E-state index in [4.69, 9.17) is 4.74 Å².